The van der Waals surface area contributed by atoms with E-state index in [1.165, 1.54) is 102 Å². The molecule has 1 aromatic rings. The Labute approximate surface area is 165 Å². The molecule has 0 amide bonds. The van der Waals surface area contributed by atoms with Gasteiger partial charge in [-0.3, -0.25) is 0 Å². The summed E-state index contributed by atoms with van der Waals surface area (Å²) < 4.78 is 12.9. The summed E-state index contributed by atoms with van der Waals surface area (Å²) in [4.78, 5) is 0. The number of ether oxygens (including phenoxy) is 1. The van der Waals surface area contributed by atoms with Gasteiger partial charge in [0.15, 0.2) is 0 Å². The van der Waals surface area contributed by atoms with Gasteiger partial charge in [-0.2, -0.15) is 0 Å². The normalized spacial score (nSPS) is 11.6. The van der Waals surface area contributed by atoms with Crippen LogP contribution in [0.2, 0.25) is 0 Å². The molecule has 0 unspecified atom stereocenters. The SMILES string of the molecule is [2H]CCCCCCCCCCCCCCCCCCOCc1ccccc1. The lowest BCUT2D eigenvalue weighted by molar-refractivity contribution is 0.116. The van der Waals surface area contributed by atoms with Crippen molar-refractivity contribution in [3.05, 3.63) is 35.9 Å². The molecule has 0 aliphatic rings. The Balaban J connectivity index is 1.67. The van der Waals surface area contributed by atoms with Crippen LogP contribution in [0.5, 0.6) is 0 Å². The molecule has 0 fully saturated rings. The fourth-order valence-electron chi connectivity index (χ4n) is 3.44. The number of benzene rings is 1. The summed E-state index contributed by atoms with van der Waals surface area (Å²) in [5.41, 5.74) is 1.28. The van der Waals surface area contributed by atoms with Crippen molar-refractivity contribution in [1.29, 1.82) is 0 Å². The van der Waals surface area contributed by atoms with E-state index in [1.54, 1.807) is 0 Å². The predicted molar refractivity (Wildman–Crippen MR) is 116 cm³/mol. The number of rotatable bonds is 19. The van der Waals surface area contributed by atoms with Gasteiger partial charge in [0.25, 0.3) is 0 Å². The molecule has 0 radical (unpaired) electrons. The summed E-state index contributed by atoms with van der Waals surface area (Å²) in [6, 6.07) is 10.5. The molecule has 0 aliphatic heterocycles. The molecule has 0 aromatic heterocycles. The highest BCUT2D eigenvalue weighted by Gasteiger charge is 1.95. The summed E-state index contributed by atoms with van der Waals surface area (Å²) in [5, 5.41) is 0. The van der Waals surface area contributed by atoms with E-state index >= 15 is 0 Å². The lowest BCUT2D eigenvalue weighted by atomic mass is 10.0. The molecule has 0 aliphatic carbocycles. The Morgan fingerprint density at radius 3 is 1.58 bits per heavy atom. The van der Waals surface area contributed by atoms with Gasteiger partial charge in [-0.15, -0.1) is 0 Å². The summed E-state index contributed by atoms with van der Waals surface area (Å²) in [7, 11) is 0. The van der Waals surface area contributed by atoms with Gasteiger partial charge in [0.05, 0.1) is 6.61 Å². The smallest absolute Gasteiger partial charge is 0.0716 e. The van der Waals surface area contributed by atoms with Gasteiger partial charge in [0.1, 0.15) is 0 Å². The first-order valence-corrected chi connectivity index (χ1v) is 11.3. The highest BCUT2D eigenvalue weighted by molar-refractivity contribution is 5.13. The van der Waals surface area contributed by atoms with Crippen LogP contribution in [0.4, 0.5) is 0 Å². The molecule has 0 N–H and O–H groups in total. The largest absolute Gasteiger partial charge is 0.377 e. The average Bonchev–Trinajstić information content (AvgIpc) is 2.70. The minimum absolute atomic E-state index is 0.614. The van der Waals surface area contributed by atoms with Crippen molar-refractivity contribution in [2.75, 3.05) is 6.61 Å². The molecular formula is C25H44O. The molecule has 26 heavy (non-hydrogen) atoms. The van der Waals surface area contributed by atoms with Gasteiger partial charge in [-0.25, -0.2) is 0 Å². The quantitative estimate of drug-likeness (QED) is 0.224. The van der Waals surface area contributed by atoms with Crippen LogP contribution in [0.1, 0.15) is 117 Å². The monoisotopic (exact) mass is 361 g/mol. The molecule has 1 nitrogen and oxygen atoms in total. The molecule has 0 saturated heterocycles. The van der Waals surface area contributed by atoms with Gasteiger partial charge in [0.2, 0.25) is 0 Å². The molecular weight excluding hydrogens is 316 g/mol. The zero-order valence-corrected chi connectivity index (χ0v) is 17.2. The third kappa shape index (κ3) is 15.4. The molecule has 1 heteroatoms. The van der Waals surface area contributed by atoms with Crippen molar-refractivity contribution >= 4 is 0 Å². The van der Waals surface area contributed by atoms with E-state index in [0.29, 0.717) is 6.90 Å². The van der Waals surface area contributed by atoms with Crippen LogP contribution in [0, 0.1) is 0 Å². The van der Waals surface area contributed by atoms with Gasteiger partial charge >= 0.3 is 0 Å². The van der Waals surface area contributed by atoms with E-state index in [9.17, 15) is 0 Å². The highest BCUT2D eigenvalue weighted by atomic mass is 16.5. The van der Waals surface area contributed by atoms with E-state index in [2.05, 4.69) is 30.3 Å². The molecule has 150 valence electrons. The first-order chi connectivity index (χ1) is 13.4. The fourth-order valence-corrected chi connectivity index (χ4v) is 3.44. The predicted octanol–water partition coefficient (Wildman–Crippen LogP) is 8.46. The van der Waals surface area contributed by atoms with Gasteiger partial charge in [0, 0.05) is 7.98 Å². The highest BCUT2D eigenvalue weighted by Crippen LogP contribution is 2.13. The molecule has 1 aromatic carbocycles. The minimum atomic E-state index is 0.614. The van der Waals surface area contributed by atoms with Crippen molar-refractivity contribution in [3.63, 3.8) is 0 Å². The maximum Gasteiger partial charge on any atom is 0.0716 e. The first-order valence-electron chi connectivity index (χ1n) is 12.0. The van der Waals surface area contributed by atoms with Crippen LogP contribution in [0.3, 0.4) is 0 Å². The molecule has 0 saturated carbocycles. The van der Waals surface area contributed by atoms with E-state index in [4.69, 9.17) is 6.11 Å². The van der Waals surface area contributed by atoms with Crippen LogP contribution in [-0.2, 0) is 11.3 Å². The summed E-state index contributed by atoms with van der Waals surface area (Å²) in [6.45, 7) is 2.27. The number of hydrogen-bond acceptors (Lipinski definition) is 1. The van der Waals surface area contributed by atoms with E-state index in [1.807, 2.05) is 0 Å². The Morgan fingerprint density at radius 1 is 0.615 bits per heavy atom. The van der Waals surface area contributed by atoms with Gasteiger partial charge in [-0.05, 0) is 12.0 Å². The van der Waals surface area contributed by atoms with Crippen molar-refractivity contribution < 1.29 is 6.11 Å². The maximum absolute atomic E-state index is 7.12. The molecule has 0 spiro atoms. The van der Waals surface area contributed by atoms with Crippen LogP contribution in [0.25, 0.3) is 0 Å². The minimum Gasteiger partial charge on any atom is -0.377 e. The summed E-state index contributed by atoms with van der Waals surface area (Å²) >= 11 is 0. The lowest BCUT2D eigenvalue weighted by Crippen LogP contribution is -1.95. The maximum atomic E-state index is 7.12. The third-order valence-corrected chi connectivity index (χ3v) is 5.15. The number of hydrogen-bond donors (Lipinski definition) is 0. The average molecular weight is 362 g/mol. The van der Waals surface area contributed by atoms with E-state index < -0.39 is 0 Å². The summed E-state index contributed by atoms with van der Waals surface area (Å²) in [6.07, 6.45) is 21.8. The van der Waals surface area contributed by atoms with E-state index in [-0.39, 0.29) is 0 Å². The van der Waals surface area contributed by atoms with Gasteiger partial charge < -0.3 is 4.74 Å². The zero-order valence-electron chi connectivity index (χ0n) is 18.2. The lowest BCUT2D eigenvalue weighted by Gasteiger charge is -2.05. The Morgan fingerprint density at radius 2 is 1.08 bits per heavy atom. The second-order valence-corrected chi connectivity index (χ2v) is 7.70. The Hall–Kier alpha value is -0.820. The van der Waals surface area contributed by atoms with Crippen molar-refractivity contribution in [1.82, 2.24) is 0 Å². The Kier molecular flexibility index (Phi) is 15.7. The van der Waals surface area contributed by atoms with Crippen molar-refractivity contribution in [2.45, 2.75) is 116 Å². The molecule has 0 bridgehead atoms. The molecule has 1 rings (SSSR count). The Bertz CT molecular complexity index is 393. The van der Waals surface area contributed by atoms with Crippen molar-refractivity contribution in [2.24, 2.45) is 0 Å². The number of unbranched alkanes of at least 4 members (excludes halogenated alkanes) is 15. The second kappa shape index (κ2) is 19.0. The zero-order chi connectivity index (χ0) is 19.3. The topological polar surface area (TPSA) is 9.23 Å². The van der Waals surface area contributed by atoms with Crippen LogP contribution >= 0.6 is 0 Å². The second-order valence-electron chi connectivity index (χ2n) is 7.70. The molecule has 0 heterocycles. The van der Waals surface area contributed by atoms with E-state index in [0.717, 1.165) is 19.6 Å². The fraction of sp³-hybridized carbons (Fsp3) is 0.760. The van der Waals surface area contributed by atoms with Gasteiger partial charge in [-0.1, -0.05) is 134 Å². The summed E-state index contributed by atoms with van der Waals surface area (Å²) in [5.74, 6) is 0. The van der Waals surface area contributed by atoms with Crippen LogP contribution in [-0.4, -0.2) is 6.61 Å². The van der Waals surface area contributed by atoms with Crippen LogP contribution in [0.15, 0.2) is 30.3 Å². The first kappa shape index (κ1) is 21.5. The third-order valence-electron chi connectivity index (χ3n) is 5.15. The van der Waals surface area contributed by atoms with Crippen molar-refractivity contribution in [3.8, 4) is 0 Å². The standard InChI is InChI=1S/C25H44O/c1-2-3-4-5-6-7-8-9-10-11-12-13-14-15-16-20-23-26-24-25-21-18-17-19-22-25/h17-19,21-22H,2-16,20,23-24H2,1H3/i1D. The van der Waals surface area contributed by atoms with Crippen LogP contribution < -0.4 is 0 Å². The molecule has 0 atom stereocenters.